The second kappa shape index (κ2) is 6.72. The number of nitrogens with zero attached hydrogens (tertiary/aromatic N) is 1. The van der Waals surface area contributed by atoms with Gasteiger partial charge in [0.2, 0.25) is 5.91 Å². The smallest absolute Gasteiger partial charge is 0.241 e. The third kappa shape index (κ3) is 3.11. The van der Waals surface area contributed by atoms with E-state index in [0.717, 1.165) is 17.7 Å². The van der Waals surface area contributed by atoms with E-state index in [4.69, 9.17) is 9.47 Å². The Bertz CT molecular complexity index is 464. The van der Waals surface area contributed by atoms with Crippen molar-refractivity contribution in [1.29, 1.82) is 0 Å². The molecule has 2 unspecified atom stereocenters. The molecule has 0 radical (unpaired) electrons. The average molecular weight is 278 g/mol. The Morgan fingerprint density at radius 3 is 2.85 bits per heavy atom. The molecule has 0 aromatic heterocycles. The van der Waals surface area contributed by atoms with Gasteiger partial charge in [-0.1, -0.05) is 12.1 Å². The van der Waals surface area contributed by atoms with Gasteiger partial charge in [0.15, 0.2) is 0 Å². The van der Waals surface area contributed by atoms with Gasteiger partial charge in [0.05, 0.1) is 13.2 Å². The molecule has 2 rings (SSSR count). The van der Waals surface area contributed by atoms with Crippen molar-refractivity contribution >= 4 is 5.91 Å². The van der Waals surface area contributed by atoms with Gasteiger partial charge in [0, 0.05) is 20.3 Å². The third-order valence-electron chi connectivity index (χ3n) is 3.53. The van der Waals surface area contributed by atoms with E-state index in [1.54, 1.807) is 14.2 Å². The molecule has 110 valence electrons. The highest BCUT2D eigenvalue weighted by molar-refractivity contribution is 5.84. The molecule has 1 saturated heterocycles. The predicted molar refractivity (Wildman–Crippen MR) is 76.5 cm³/mol. The van der Waals surface area contributed by atoms with E-state index in [2.05, 4.69) is 5.32 Å². The SMILES string of the molecule is COCCCN1C(=O)C(C)NC1c1cccc(OC)c1. The second-order valence-corrected chi connectivity index (χ2v) is 4.95. The molecule has 0 saturated carbocycles. The van der Waals surface area contributed by atoms with E-state index in [1.165, 1.54) is 0 Å². The predicted octanol–water partition coefficient (Wildman–Crippen LogP) is 1.55. The van der Waals surface area contributed by atoms with Gasteiger partial charge in [-0.2, -0.15) is 0 Å². The zero-order valence-corrected chi connectivity index (χ0v) is 12.3. The van der Waals surface area contributed by atoms with Crippen LogP contribution in [0.15, 0.2) is 24.3 Å². The molecule has 1 aromatic carbocycles. The fourth-order valence-corrected chi connectivity index (χ4v) is 2.48. The molecule has 0 bridgehead atoms. The van der Waals surface area contributed by atoms with Crippen molar-refractivity contribution in [3.8, 4) is 5.75 Å². The zero-order valence-electron chi connectivity index (χ0n) is 12.3. The number of amides is 1. The van der Waals surface area contributed by atoms with Crippen molar-refractivity contribution in [2.45, 2.75) is 25.6 Å². The summed E-state index contributed by atoms with van der Waals surface area (Å²) in [5, 5.41) is 3.33. The van der Waals surface area contributed by atoms with E-state index in [9.17, 15) is 4.79 Å². The van der Waals surface area contributed by atoms with Gasteiger partial charge in [-0.3, -0.25) is 10.1 Å². The lowest BCUT2D eigenvalue weighted by Gasteiger charge is -2.24. The Balaban J connectivity index is 2.16. The van der Waals surface area contributed by atoms with Crippen LogP contribution < -0.4 is 10.1 Å². The Kier molecular flexibility index (Phi) is 4.98. The Morgan fingerprint density at radius 1 is 1.35 bits per heavy atom. The molecule has 1 aliphatic heterocycles. The summed E-state index contributed by atoms with van der Waals surface area (Å²) in [5.41, 5.74) is 1.04. The molecule has 0 aliphatic carbocycles. The fourth-order valence-electron chi connectivity index (χ4n) is 2.48. The molecule has 1 aromatic rings. The van der Waals surface area contributed by atoms with E-state index >= 15 is 0 Å². The summed E-state index contributed by atoms with van der Waals surface area (Å²) in [4.78, 5) is 14.1. The number of carbonyl (C=O) groups excluding carboxylic acids is 1. The van der Waals surface area contributed by atoms with Crippen molar-refractivity contribution < 1.29 is 14.3 Å². The number of methoxy groups -OCH3 is 2. The van der Waals surface area contributed by atoms with Gasteiger partial charge >= 0.3 is 0 Å². The fraction of sp³-hybridized carbons (Fsp3) is 0.533. The number of carbonyl (C=O) groups is 1. The molecule has 1 amide bonds. The van der Waals surface area contributed by atoms with E-state index in [0.29, 0.717) is 13.2 Å². The van der Waals surface area contributed by atoms with Crippen LogP contribution in [0.4, 0.5) is 0 Å². The quantitative estimate of drug-likeness (QED) is 0.802. The normalized spacial score (nSPS) is 22.4. The molecule has 0 spiro atoms. The Morgan fingerprint density at radius 2 is 2.15 bits per heavy atom. The standard InChI is InChI=1S/C15H22N2O3/c1-11-15(18)17(8-5-9-19-2)14(16-11)12-6-4-7-13(10-12)20-3/h4,6-7,10-11,14,16H,5,8-9H2,1-3H3. The minimum Gasteiger partial charge on any atom is -0.497 e. The number of nitrogens with one attached hydrogen (secondary N) is 1. The van der Waals surface area contributed by atoms with Crippen LogP contribution in [0.3, 0.4) is 0 Å². The number of ether oxygens (including phenoxy) is 2. The summed E-state index contributed by atoms with van der Waals surface area (Å²) in [5.74, 6) is 0.932. The van der Waals surface area contributed by atoms with E-state index < -0.39 is 0 Å². The summed E-state index contributed by atoms with van der Waals surface area (Å²) >= 11 is 0. The lowest BCUT2D eigenvalue weighted by atomic mass is 10.1. The minimum absolute atomic E-state index is 0.0931. The largest absolute Gasteiger partial charge is 0.497 e. The highest BCUT2D eigenvalue weighted by atomic mass is 16.5. The first-order valence-corrected chi connectivity index (χ1v) is 6.86. The van der Waals surface area contributed by atoms with Gasteiger partial charge < -0.3 is 14.4 Å². The monoisotopic (exact) mass is 278 g/mol. The van der Waals surface area contributed by atoms with Gasteiger partial charge in [-0.15, -0.1) is 0 Å². The van der Waals surface area contributed by atoms with Crippen LogP contribution in [0.5, 0.6) is 5.75 Å². The van der Waals surface area contributed by atoms with Crippen LogP contribution in [-0.2, 0) is 9.53 Å². The summed E-state index contributed by atoms with van der Waals surface area (Å²) in [6.07, 6.45) is 0.737. The molecule has 1 fully saturated rings. The summed E-state index contributed by atoms with van der Waals surface area (Å²) in [6, 6.07) is 7.66. The lowest BCUT2D eigenvalue weighted by molar-refractivity contribution is -0.130. The summed E-state index contributed by atoms with van der Waals surface area (Å²) in [6.45, 7) is 3.24. The van der Waals surface area contributed by atoms with Gasteiger partial charge in [0.25, 0.3) is 0 Å². The van der Waals surface area contributed by atoms with Crippen LogP contribution in [0.25, 0.3) is 0 Å². The van der Waals surface area contributed by atoms with Crippen molar-refractivity contribution in [2.24, 2.45) is 0 Å². The van der Waals surface area contributed by atoms with Crippen molar-refractivity contribution in [2.75, 3.05) is 27.4 Å². The minimum atomic E-state index is -0.159. The van der Waals surface area contributed by atoms with Crippen LogP contribution >= 0.6 is 0 Å². The number of hydrogen-bond donors (Lipinski definition) is 1. The van der Waals surface area contributed by atoms with Gasteiger partial charge in [-0.25, -0.2) is 0 Å². The number of benzene rings is 1. The molecule has 5 heteroatoms. The highest BCUT2D eigenvalue weighted by Crippen LogP contribution is 2.27. The van der Waals surface area contributed by atoms with Crippen molar-refractivity contribution in [3.63, 3.8) is 0 Å². The lowest BCUT2D eigenvalue weighted by Crippen LogP contribution is -2.32. The first-order valence-electron chi connectivity index (χ1n) is 6.86. The van der Waals surface area contributed by atoms with Crippen molar-refractivity contribution in [1.82, 2.24) is 10.2 Å². The molecule has 1 heterocycles. The molecule has 20 heavy (non-hydrogen) atoms. The second-order valence-electron chi connectivity index (χ2n) is 4.95. The Hall–Kier alpha value is -1.59. The first kappa shape index (κ1) is 14.8. The maximum atomic E-state index is 12.2. The number of hydrogen-bond acceptors (Lipinski definition) is 4. The van der Waals surface area contributed by atoms with Gasteiger partial charge in [-0.05, 0) is 31.0 Å². The first-order chi connectivity index (χ1) is 9.67. The summed E-state index contributed by atoms with van der Waals surface area (Å²) in [7, 11) is 3.32. The van der Waals surface area contributed by atoms with Crippen molar-refractivity contribution in [3.05, 3.63) is 29.8 Å². The van der Waals surface area contributed by atoms with E-state index in [-0.39, 0.29) is 18.1 Å². The van der Waals surface area contributed by atoms with Crippen LogP contribution in [0.1, 0.15) is 25.1 Å². The van der Waals surface area contributed by atoms with Crippen LogP contribution in [0.2, 0.25) is 0 Å². The maximum Gasteiger partial charge on any atom is 0.241 e. The molecule has 5 nitrogen and oxygen atoms in total. The average Bonchev–Trinajstić information content (AvgIpc) is 2.76. The zero-order chi connectivity index (χ0) is 14.5. The highest BCUT2D eigenvalue weighted by Gasteiger charge is 2.36. The Labute approximate surface area is 119 Å². The van der Waals surface area contributed by atoms with Crippen LogP contribution in [0, 0.1) is 0 Å². The topological polar surface area (TPSA) is 50.8 Å². The van der Waals surface area contributed by atoms with E-state index in [1.807, 2.05) is 36.1 Å². The molecular weight excluding hydrogens is 256 g/mol. The number of rotatable bonds is 6. The summed E-state index contributed by atoms with van der Waals surface area (Å²) < 4.78 is 10.3. The molecule has 2 atom stereocenters. The molecule has 1 N–H and O–H groups in total. The van der Waals surface area contributed by atoms with Gasteiger partial charge in [0.1, 0.15) is 11.9 Å². The van der Waals surface area contributed by atoms with Crippen LogP contribution in [-0.4, -0.2) is 44.2 Å². The molecule has 1 aliphatic rings. The third-order valence-corrected chi connectivity index (χ3v) is 3.53. The molecular formula is C15H22N2O3. The maximum absolute atomic E-state index is 12.2.